The molecule has 114 valence electrons. The Morgan fingerprint density at radius 1 is 1.52 bits per heavy atom. The van der Waals surface area contributed by atoms with E-state index in [4.69, 9.17) is 4.74 Å². The fraction of sp³-hybridized carbons (Fsp3) is 0.385. The molecule has 8 heteroatoms. The number of benzene rings is 1. The Labute approximate surface area is 134 Å². The molecule has 0 aliphatic carbocycles. The lowest BCUT2D eigenvalue weighted by atomic mass is 10.2. The Morgan fingerprint density at radius 2 is 2.33 bits per heavy atom. The fourth-order valence-electron chi connectivity index (χ4n) is 1.76. The summed E-state index contributed by atoms with van der Waals surface area (Å²) in [7, 11) is 1.62. The third kappa shape index (κ3) is 4.42. The predicted molar refractivity (Wildman–Crippen MR) is 83.0 cm³/mol. The third-order valence-corrected chi connectivity index (χ3v) is 4.34. The van der Waals surface area contributed by atoms with Gasteiger partial charge in [-0.05, 0) is 24.1 Å². The topological polar surface area (TPSA) is 59.9 Å². The van der Waals surface area contributed by atoms with Gasteiger partial charge in [0, 0.05) is 30.5 Å². The number of rotatable bonds is 7. The van der Waals surface area contributed by atoms with Crippen LogP contribution in [0.4, 0.5) is 4.39 Å². The minimum atomic E-state index is -0.277. The summed E-state index contributed by atoms with van der Waals surface area (Å²) in [5.41, 5.74) is 0.312. The maximum Gasteiger partial charge on any atom is 0.343 e. The van der Waals surface area contributed by atoms with Crippen LogP contribution in [-0.4, -0.2) is 28.5 Å². The summed E-state index contributed by atoms with van der Waals surface area (Å²) < 4.78 is 21.0. The van der Waals surface area contributed by atoms with Crippen molar-refractivity contribution in [2.75, 3.05) is 13.7 Å². The monoisotopic (exact) mass is 375 g/mol. The Hall–Kier alpha value is -1.12. The van der Waals surface area contributed by atoms with Crippen LogP contribution in [0.25, 0.3) is 0 Å². The molecule has 2 rings (SSSR count). The lowest BCUT2D eigenvalue weighted by Crippen LogP contribution is -2.18. The third-order valence-electron chi connectivity index (χ3n) is 2.83. The molecule has 1 heterocycles. The molecule has 0 fully saturated rings. The van der Waals surface area contributed by atoms with Gasteiger partial charge < -0.3 is 4.74 Å². The van der Waals surface area contributed by atoms with Gasteiger partial charge in [-0.2, -0.15) is 0 Å². The van der Waals surface area contributed by atoms with Crippen LogP contribution in [0.15, 0.2) is 32.6 Å². The van der Waals surface area contributed by atoms with E-state index < -0.39 is 0 Å². The first-order chi connectivity index (χ1) is 10.1. The lowest BCUT2D eigenvalue weighted by molar-refractivity contribution is 0.189. The van der Waals surface area contributed by atoms with Crippen LogP contribution in [0.1, 0.15) is 12.0 Å². The van der Waals surface area contributed by atoms with Gasteiger partial charge in [0.05, 0.1) is 0 Å². The number of nitrogens with one attached hydrogen (secondary N) is 1. The summed E-state index contributed by atoms with van der Waals surface area (Å²) in [5, 5.41) is 6.95. The molecule has 0 saturated heterocycles. The van der Waals surface area contributed by atoms with Crippen molar-refractivity contribution >= 4 is 27.7 Å². The van der Waals surface area contributed by atoms with Gasteiger partial charge in [-0.3, -0.25) is 4.57 Å². The number of ether oxygens (including phenoxy) is 1. The number of aromatic amines is 1. The molecule has 21 heavy (non-hydrogen) atoms. The molecule has 1 aromatic carbocycles. The summed E-state index contributed by atoms with van der Waals surface area (Å²) in [6.07, 6.45) is 0.718. The lowest BCUT2D eigenvalue weighted by Gasteiger charge is -2.06. The van der Waals surface area contributed by atoms with Crippen LogP contribution < -0.4 is 5.69 Å². The van der Waals surface area contributed by atoms with Crippen molar-refractivity contribution < 1.29 is 9.13 Å². The molecule has 0 bridgehead atoms. The average molecular weight is 376 g/mol. The number of hydrogen-bond acceptors (Lipinski definition) is 4. The number of thioether (sulfide) groups is 1. The van der Waals surface area contributed by atoms with Crippen molar-refractivity contribution in [3.63, 3.8) is 0 Å². The van der Waals surface area contributed by atoms with Crippen LogP contribution in [-0.2, 0) is 17.0 Å². The largest absolute Gasteiger partial charge is 0.385 e. The fourth-order valence-corrected chi connectivity index (χ4v) is 3.05. The molecule has 1 N–H and O–H groups in total. The van der Waals surface area contributed by atoms with Gasteiger partial charge in [-0.1, -0.05) is 33.8 Å². The van der Waals surface area contributed by atoms with E-state index in [1.165, 1.54) is 17.8 Å². The van der Waals surface area contributed by atoms with Crippen LogP contribution >= 0.6 is 27.7 Å². The maximum atomic E-state index is 13.8. The molecule has 1 aromatic heterocycles. The zero-order chi connectivity index (χ0) is 15.2. The Morgan fingerprint density at radius 3 is 3.05 bits per heavy atom. The van der Waals surface area contributed by atoms with E-state index in [-0.39, 0.29) is 11.5 Å². The highest BCUT2D eigenvalue weighted by atomic mass is 79.9. The van der Waals surface area contributed by atoms with Crippen molar-refractivity contribution in [3.8, 4) is 0 Å². The molecule has 5 nitrogen and oxygen atoms in total. The van der Waals surface area contributed by atoms with Gasteiger partial charge in [0.2, 0.25) is 0 Å². The summed E-state index contributed by atoms with van der Waals surface area (Å²) in [5.74, 6) is 0.133. The minimum absolute atomic E-state index is 0.259. The number of halogens is 2. The predicted octanol–water partition coefficient (Wildman–Crippen LogP) is 2.80. The van der Waals surface area contributed by atoms with E-state index in [1.807, 2.05) is 0 Å². The summed E-state index contributed by atoms with van der Waals surface area (Å²) >= 11 is 4.54. The van der Waals surface area contributed by atoms with Crippen molar-refractivity contribution in [1.82, 2.24) is 14.8 Å². The molecular weight excluding hydrogens is 361 g/mol. The van der Waals surface area contributed by atoms with E-state index in [1.54, 1.807) is 23.8 Å². The van der Waals surface area contributed by atoms with Gasteiger partial charge in [0.25, 0.3) is 0 Å². The van der Waals surface area contributed by atoms with E-state index in [9.17, 15) is 9.18 Å². The standard InChI is InChI=1S/C13H15BrFN3O2S/c1-20-6-2-5-18-12(19)16-17-13(18)21-8-9-3-4-10(14)7-11(9)15/h3-4,7H,2,5-6,8H2,1H3,(H,16,19). The smallest absolute Gasteiger partial charge is 0.343 e. The first-order valence-corrected chi connectivity index (χ1v) is 8.10. The first-order valence-electron chi connectivity index (χ1n) is 6.32. The van der Waals surface area contributed by atoms with Crippen LogP contribution in [0.3, 0.4) is 0 Å². The molecule has 2 aromatic rings. The highest BCUT2D eigenvalue weighted by molar-refractivity contribution is 9.10. The normalized spacial score (nSPS) is 11.0. The van der Waals surface area contributed by atoms with E-state index in [2.05, 4.69) is 26.1 Å². The minimum Gasteiger partial charge on any atom is -0.385 e. The molecule has 0 radical (unpaired) electrons. The Kier molecular flexibility index (Phi) is 6.01. The SMILES string of the molecule is COCCCn1c(SCc2ccc(Br)cc2F)n[nH]c1=O. The van der Waals surface area contributed by atoms with Crippen molar-refractivity contribution in [3.05, 3.63) is 44.5 Å². The molecule has 0 amide bonds. The number of nitrogens with zero attached hydrogens (tertiary/aromatic N) is 2. The molecule has 0 atom stereocenters. The van der Waals surface area contributed by atoms with Crippen LogP contribution in [0.5, 0.6) is 0 Å². The molecule has 0 unspecified atom stereocenters. The number of methoxy groups -OCH3 is 1. The van der Waals surface area contributed by atoms with Gasteiger partial charge >= 0.3 is 5.69 Å². The quantitative estimate of drug-likeness (QED) is 0.597. The van der Waals surface area contributed by atoms with Gasteiger partial charge in [-0.25, -0.2) is 14.3 Å². The van der Waals surface area contributed by atoms with E-state index in [0.717, 1.165) is 6.42 Å². The summed E-state index contributed by atoms with van der Waals surface area (Å²) in [4.78, 5) is 11.7. The molecular formula is C13H15BrFN3O2S. The van der Waals surface area contributed by atoms with Crippen LogP contribution in [0.2, 0.25) is 0 Å². The summed E-state index contributed by atoms with van der Waals surface area (Å²) in [6.45, 7) is 1.09. The van der Waals surface area contributed by atoms with Crippen LogP contribution in [0, 0.1) is 5.82 Å². The average Bonchev–Trinajstić information content (AvgIpc) is 2.79. The molecule has 0 saturated carbocycles. The van der Waals surface area contributed by atoms with Crippen molar-refractivity contribution in [2.45, 2.75) is 23.9 Å². The Bertz CT molecular complexity index is 659. The zero-order valence-corrected chi connectivity index (χ0v) is 13.8. The first kappa shape index (κ1) is 16.3. The van der Waals surface area contributed by atoms with E-state index in [0.29, 0.717) is 34.1 Å². The molecule has 0 spiro atoms. The Balaban J connectivity index is 2.04. The maximum absolute atomic E-state index is 13.8. The second-order valence-corrected chi connectivity index (χ2v) is 6.19. The number of hydrogen-bond donors (Lipinski definition) is 1. The molecule has 0 aliphatic rings. The summed E-state index contributed by atoms with van der Waals surface area (Å²) in [6, 6.07) is 4.92. The van der Waals surface area contributed by atoms with Gasteiger partial charge in [-0.15, -0.1) is 5.10 Å². The highest BCUT2D eigenvalue weighted by Crippen LogP contribution is 2.23. The highest BCUT2D eigenvalue weighted by Gasteiger charge is 2.10. The molecule has 0 aliphatic heterocycles. The van der Waals surface area contributed by atoms with Gasteiger partial charge in [0.15, 0.2) is 5.16 Å². The van der Waals surface area contributed by atoms with Crippen molar-refractivity contribution in [1.29, 1.82) is 0 Å². The van der Waals surface area contributed by atoms with Gasteiger partial charge in [0.1, 0.15) is 5.82 Å². The number of H-pyrrole nitrogens is 1. The second-order valence-electron chi connectivity index (χ2n) is 4.33. The second kappa shape index (κ2) is 7.77. The zero-order valence-electron chi connectivity index (χ0n) is 11.4. The van der Waals surface area contributed by atoms with Crippen molar-refractivity contribution in [2.24, 2.45) is 0 Å². The van der Waals surface area contributed by atoms with E-state index >= 15 is 0 Å². The number of aromatic nitrogens is 3.